The van der Waals surface area contributed by atoms with Crippen molar-refractivity contribution in [1.82, 2.24) is 15.0 Å². The van der Waals surface area contributed by atoms with Crippen LogP contribution in [-0.4, -0.2) is 39.8 Å². The van der Waals surface area contributed by atoms with E-state index in [-0.39, 0.29) is 6.04 Å². The number of likely N-dealkylation sites (tertiary alicyclic amines) is 1. The van der Waals surface area contributed by atoms with Crippen LogP contribution in [0.1, 0.15) is 50.4 Å². The Kier molecular flexibility index (Phi) is 5.39. The van der Waals surface area contributed by atoms with Gasteiger partial charge in [-0.05, 0) is 50.4 Å². The summed E-state index contributed by atoms with van der Waals surface area (Å²) in [6, 6.07) is 7.65. The fourth-order valence-electron chi connectivity index (χ4n) is 3.63. The number of nitrogens with zero attached hydrogens (tertiary/aromatic N) is 3. The molecule has 0 unspecified atom stereocenters. The van der Waals surface area contributed by atoms with Gasteiger partial charge in [-0.2, -0.15) is 4.98 Å². The number of hydrogen-bond donors (Lipinski definition) is 1. The van der Waals surface area contributed by atoms with Gasteiger partial charge in [0.2, 0.25) is 5.89 Å². The average Bonchev–Trinajstić information content (AvgIpc) is 3.25. The highest BCUT2D eigenvalue weighted by Crippen LogP contribution is 2.36. The molecule has 6 heteroatoms. The largest absolute Gasteiger partial charge is 0.497 e. The molecule has 136 valence electrons. The Bertz CT molecular complexity index is 681. The normalized spacial score (nSPS) is 20.6. The van der Waals surface area contributed by atoms with Gasteiger partial charge in [0.1, 0.15) is 11.4 Å². The summed E-state index contributed by atoms with van der Waals surface area (Å²) in [7, 11) is 1.64. The zero-order valence-corrected chi connectivity index (χ0v) is 15.2. The summed E-state index contributed by atoms with van der Waals surface area (Å²) in [5.41, 5.74) is -0.0583. The molecule has 0 radical (unpaired) electrons. The van der Waals surface area contributed by atoms with Crippen LogP contribution in [0.15, 0.2) is 28.8 Å². The van der Waals surface area contributed by atoms with E-state index in [0.29, 0.717) is 12.4 Å². The van der Waals surface area contributed by atoms with Crippen molar-refractivity contribution >= 4 is 0 Å². The number of methoxy groups -OCH3 is 1. The number of aryl methyl sites for hydroxylation is 1. The second kappa shape index (κ2) is 7.54. The van der Waals surface area contributed by atoms with Crippen LogP contribution in [0.2, 0.25) is 0 Å². The van der Waals surface area contributed by atoms with Crippen LogP contribution in [0.4, 0.5) is 0 Å². The van der Waals surface area contributed by atoms with Gasteiger partial charge in [-0.3, -0.25) is 4.90 Å². The molecule has 2 aromatic rings. The molecule has 1 fully saturated rings. The summed E-state index contributed by atoms with van der Waals surface area (Å²) in [6.45, 7) is 5.48. The monoisotopic (exact) mass is 345 g/mol. The standard InChI is InChI=1S/C19H27N3O3/c1-4-6-17-20-18(25-21-17)13-22-12-5-7-16(22)19(2,23)14-8-10-15(24-3)11-9-14/h8-11,16,23H,4-7,12-13H2,1-3H3/t16-,19-/m0/s1. The highest BCUT2D eigenvalue weighted by atomic mass is 16.5. The van der Waals surface area contributed by atoms with Crippen LogP contribution in [0.25, 0.3) is 0 Å². The van der Waals surface area contributed by atoms with Crippen LogP contribution in [-0.2, 0) is 18.6 Å². The van der Waals surface area contributed by atoms with Crippen LogP contribution in [0.3, 0.4) is 0 Å². The number of rotatable bonds is 7. The molecule has 0 aliphatic carbocycles. The molecular weight excluding hydrogens is 318 g/mol. The van der Waals surface area contributed by atoms with E-state index in [2.05, 4.69) is 22.0 Å². The van der Waals surface area contributed by atoms with E-state index in [9.17, 15) is 5.11 Å². The van der Waals surface area contributed by atoms with E-state index in [1.807, 2.05) is 31.2 Å². The fourth-order valence-corrected chi connectivity index (χ4v) is 3.63. The van der Waals surface area contributed by atoms with E-state index in [4.69, 9.17) is 9.26 Å². The maximum Gasteiger partial charge on any atom is 0.240 e. The fraction of sp³-hybridized carbons (Fsp3) is 0.579. The Hall–Kier alpha value is -1.92. The quantitative estimate of drug-likeness (QED) is 0.832. The smallest absolute Gasteiger partial charge is 0.240 e. The van der Waals surface area contributed by atoms with E-state index in [0.717, 1.165) is 49.4 Å². The average molecular weight is 345 g/mol. The van der Waals surface area contributed by atoms with Gasteiger partial charge in [-0.15, -0.1) is 0 Å². The third kappa shape index (κ3) is 3.85. The Labute approximate surface area is 148 Å². The lowest BCUT2D eigenvalue weighted by atomic mass is 9.86. The lowest BCUT2D eigenvalue weighted by Gasteiger charge is -2.36. The van der Waals surface area contributed by atoms with Crippen molar-refractivity contribution in [2.24, 2.45) is 0 Å². The van der Waals surface area contributed by atoms with Crippen molar-refractivity contribution in [3.63, 3.8) is 0 Å². The molecule has 1 aliphatic heterocycles. The van der Waals surface area contributed by atoms with Crippen LogP contribution in [0.5, 0.6) is 5.75 Å². The maximum atomic E-state index is 11.2. The Morgan fingerprint density at radius 1 is 1.36 bits per heavy atom. The molecule has 1 aliphatic rings. The Morgan fingerprint density at radius 2 is 2.12 bits per heavy atom. The van der Waals surface area contributed by atoms with Crippen molar-refractivity contribution in [1.29, 1.82) is 0 Å². The predicted molar refractivity (Wildman–Crippen MR) is 94.3 cm³/mol. The van der Waals surface area contributed by atoms with Crippen molar-refractivity contribution in [3.05, 3.63) is 41.5 Å². The van der Waals surface area contributed by atoms with Gasteiger partial charge in [0, 0.05) is 12.5 Å². The molecule has 0 saturated carbocycles. The van der Waals surface area contributed by atoms with Crippen LogP contribution in [0, 0.1) is 0 Å². The number of benzene rings is 1. The third-order valence-corrected chi connectivity index (χ3v) is 5.01. The van der Waals surface area contributed by atoms with E-state index in [1.54, 1.807) is 7.11 Å². The molecule has 1 aromatic heterocycles. The summed E-state index contributed by atoms with van der Waals surface area (Å²) in [4.78, 5) is 6.70. The van der Waals surface area contributed by atoms with Crippen molar-refractivity contribution in [2.45, 2.75) is 57.7 Å². The highest BCUT2D eigenvalue weighted by Gasteiger charge is 2.41. The second-order valence-corrected chi connectivity index (χ2v) is 6.86. The zero-order valence-electron chi connectivity index (χ0n) is 15.2. The van der Waals surface area contributed by atoms with Crippen molar-refractivity contribution in [3.8, 4) is 5.75 Å². The summed E-state index contributed by atoms with van der Waals surface area (Å²) >= 11 is 0. The molecule has 0 bridgehead atoms. The van der Waals surface area contributed by atoms with E-state index >= 15 is 0 Å². The molecule has 1 saturated heterocycles. The highest BCUT2D eigenvalue weighted by molar-refractivity contribution is 5.31. The minimum absolute atomic E-state index is 0.0161. The summed E-state index contributed by atoms with van der Waals surface area (Å²) in [5.74, 6) is 2.17. The van der Waals surface area contributed by atoms with Gasteiger partial charge in [0.25, 0.3) is 0 Å². The van der Waals surface area contributed by atoms with Crippen molar-refractivity contribution < 1.29 is 14.4 Å². The second-order valence-electron chi connectivity index (χ2n) is 6.86. The van der Waals surface area contributed by atoms with Crippen LogP contribution < -0.4 is 4.74 Å². The lowest BCUT2D eigenvalue weighted by molar-refractivity contribution is -0.0278. The Morgan fingerprint density at radius 3 is 2.80 bits per heavy atom. The van der Waals surface area contributed by atoms with E-state index < -0.39 is 5.60 Å². The molecule has 1 N–H and O–H groups in total. The van der Waals surface area contributed by atoms with Gasteiger partial charge >= 0.3 is 0 Å². The first-order valence-electron chi connectivity index (χ1n) is 8.97. The van der Waals surface area contributed by atoms with Gasteiger partial charge in [0.15, 0.2) is 5.82 Å². The molecule has 2 heterocycles. The minimum atomic E-state index is -0.949. The zero-order chi connectivity index (χ0) is 17.9. The number of aliphatic hydroxyl groups is 1. The van der Waals surface area contributed by atoms with Crippen LogP contribution >= 0.6 is 0 Å². The molecule has 0 amide bonds. The maximum absolute atomic E-state index is 11.2. The first kappa shape index (κ1) is 17.9. The van der Waals surface area contributed by atoms with Gasteiger partial charge < -0.3 is 14.4 Å². The molecule has 0 spiro atoms. The minimum Gasteiger partial charge on any atom is -0.497 e. The molecule has 6 nitrogen and oxygen atoms in total. The molecular formula is C19H27N3O3. The summed E-state index contributed by atoms with van der Waals surface area (Å²) in [5, 5.41) is 15.3. The first-order chi connectivity index (χ1) is 12.0. The number of hydrogen-bond acceptors (Lipinski definition) is 6. The van der Waals surface area contributed by atoms with Gasteiger partial charge in [0.05, 0.1) is 13.7 Å². The van der Waals surface area contributed by atoms with Crippen molar-refractivity contribution in [2.75, 3.05) is 13.7 Å². The SMILES string of the molecule is CCCc1noc(CN2CCC[C@H]2[C@@](C)(O)c2ccc(OC)cc2)n1. The van der Waals surface area contributed by atoms with E-state index in [1.165, 1.54) is 0 Å². The predicted octanol–water partition coefficient (Wildman–Crippen LogP) is 2.90. The number of aromatic nitrogens is 2. The topological polar surface area (TPSA) is 71.6 Å². The molecule has 2 atom stereocenters. The van der Waals surface area contributed by atoms with Gasteiger partial charge in [-0.1, -0.05) is 24.2 Å². The summed E-state index contributed by atoms with van der Waals surface area (Å²) in [6.07, 6.45) is 3.82. The molecule has 25 heavy (non-hydrogen) atoms. The summed E-state index contributed by atoms with van der Waals surface area (Å²) < 4.78 is 10.6. The lowest BCUT2D eigenvalue weighted by Crippen LogP contribution is -2.45. The first-order valence-corrected chi connectivity index (χ1v) is 8.97. The molecule has 3 rings (SSSR count). The number of ether oxygens (including phenoxy) is 1. The van der Waals surface area contributed by atoms with Gasteiger partial charge in [-0.25, -0.2) is 0 Å². The third-order valence-electron chi connectivity index (χ3n) is 5.01. The molecule has 1 aromatic carbocycles. The Balaban J connectivity index is 1.74.